The summed E-state index contributed by atoms with van der Waals surface area (Å²) in [6.45, 7) is 1.94. The minimum absolute atomic E-state index is 0. The summed E-state index contributed by atoms with van der Waals surface area (Å²) in [5, 5.41) is 8.98. The summed E-state index contributed by atoms with van der Waals surface area (Å²) in [6, 6.07) is 0. The van der Waals surface area contributed by atoms with Gasteiger partial charge in [0.05, 0.1) is 6.10 Å². The van der Waals surface area contributed by atoms with Crippen LogP contribution in [-0.2, 0) is 10.1 Å². The first-order valence-electron chi connectivity index (χ1n) is 3.59. The molecule has 0 saturated heterocycles. The standard InChI is InChI=1S/C6H14O4S.Na.H/c1-2-3-4-6(7)5-11(8,9)10;;/h6-7H,2-5H2,1H3,(H,8,9,10);;. The van der Waals surface area contributed by atoms with Crippen molar-refractivity contribution in [3.05, 3.63) is 0 Å². The van der Waals surface area contributed by atoms with Crippen LogP contribution in [0.1, 0.15) is 26.2 Å². The molecule has 0 aliphatic rings. The van der Waals surface area contributed by atoms with Gasteiger partial charge in [-0.2, -0.15) is 8.42 Å². The summed E-state index contributed by atoms with van der Waals surface area (Å²) >= 11 is 0. The van der Waals surface area contributed by atoms with Crippen LogP contribution in [0.2, 0.25) is 0 Å². The summed E-state index contributed by atoms with van der Waals surface area (Å²) in [6.07, 6.45) is 1.18. The van der Waals surface area contributed by atoms with Gasteiger partial charge in [0.15, 0.2) is 0 Å². The molecule has 2 N–H and O–H groups in total. The monoisotopic (exact) mass is 206 g/mol. The third-order valence-corrected chi connectivity index (χ3v) is 2.10. The zero-order valence-corrected chi connectivity index (χ0v) is 7.34. The van der Waals surface area contributed by atoms with Crippen molar-refractivity contribution >= 4 is 39.7 Å². The molecule has 0 amide bonds. The second-order valence-corrected chi connectivity index (χ2v) is 4.04. The molecule has 0 aromatic rings. The molecule has 0 rings (SSSR count). The van der Waals surface area contributed by atoms with Gasteiger partial charge < -0.3 is 5.11 Å². The topological polar surface area (TPSA) is 74.6 Å². The van der Waals surface area contributed by atoms with E-state index in [2.05, 4.69) is 0 Å². The average Bonchev–Trinajstić information content (AvgIpc) is 1.79. The number of unbranched alkanes of at least 4 members (excludes halogenated alkanes) is 1. The van der Waals surface area contributed by atoms with Gasteiger partial charge in [-0.25, -0.2) is 0 Å². The van der Waals surface area contributed by atoms with Gasteiger partial charge in [-0.3, -0.25) is 4.55 Å². The molecule has 1 atom stereocenters. The number of hydrogen-bond acceptors (Lipinski definition) is 3. The molecular weight excluding hydrogens is 191 g/mol. The van der Waals surface area contributed by atoms with Crippen LogP contribution in [-0.4, -0.2) is 59.5 Å². The Kier molecular flexibility index (Phi) is 9.32. The summed E-state index contributed by atoms with van der Waals surface area (Å²) in [4.78, 5) is 0. The van der Waals surface area contributed by atoms with Crippen LogP contribution in [0.3, 0.4) is 0 Å². The molecule has 0 fully saturated rings. The fourth-order valence-electron chi connectivity index (χ4n) is 0.766. The van der Waals surface area contributed by atoms with E-state index < -0.39 is 22.0 Å². The van der Waals surface area contributed by atoms with E-state index in [4.69, 9.17) is 9.66 Å². The maximum atomic E-state index is 10.2. The first-order chi connectivity index (χ1) is 4.95. The van der Waals surface area contributed by atoms with Crippen molar-refractivity contribution in [1.82, 2.24) is 0 Å². The van der Waals surface area contributed by atoms with Crippen molar-refractivity contribution in [3.63, 3.8) is 0 Å². The number of aliphatic hydroxyl groups excluding tert-OH is 1. The van der Waals surface area contributed by atoms with E-state index in [0.29, 0.717) is 6.42 Å². The van der Waals surface area contributed by atoms with Gasteiger partial charge in [0.25, 0.3) is 10.1 Å². The summed E-state index contributed by atoms with van der Waals surface area (Å²) in [5.41, 5.74) is 0. The predicted octanol–water partition coefficient (Wildman–Crippen LogP) is -0.223. The Morgan fingerprint density at radius 3 is 2.25 bits per heavy atom. The second-order valence-electron chi connectivity index (χ2n) is 2.54. The molecule has 0 saturated carbocycles. The van der Waals surface area contributed by atoms with Gasteiger partial charge in [-0.05, 0) is 6.42 Å². The molecular formula is C6H15NaO4S. The predicted molar refractivity (Wildman–Crippen MR) is 49.1 cm³/mol. The Morgan fingerprint density at radius 1 is 1.42 bits per heavy atom. The molecule has 12 heavy (non-hydrogen) atoms. The van der Waals surface area contributed by atoms with Crippen molar-refractivity contribution in [3.8, 4) is 0 Å². The molecule has 70 valence electrons. The van der Waals surface area contributed by atoms with Crippen molar-refractivity contribution in [2.75, 3.05) is 5.75 Å². The van der Waals surface area contributed by atoms with E-state index in [1.165, 1.54) is 0 Å². The van der Waals surface area contributed by atoms with E-state index in [0.717, 1.165) is 12.8 Å². The van der Waals surface area contributed by atoms with E-state index in [9.17, 15) is 8.42 Å². The minimum atomic E-state index is -4.00. The molecule has 6 heteroatoms. The number of hydrogen-bond donors (Lipinski definition) is 2. The van der Waals surface area contributed by atoms with Gasteiger partial charge in [0, 0.05) is 0 Å². The molecule has 4 nitrogen and oxygen atoms in total. The van der Waals surface area contributed by atoms with Gasteiger partial charge in [-0.15, -0.1) is 0 Å². The third-order valence-electron chi connectivity index (χ3n) is 1.29. The van der Waals surface area contributed by atoms with E-state index in [-0.39, 0.29) is 29.6 Å². The number of rotatable bonds is 5. The second kappa shape index (κ2) is 7.29. The molecule has 1 unspecified atom stereocenters. The molecule has 0 aliphatic heterocycles. The van der Waals surface area contributed by atoms with E-state index >= 15 is 0 Å². The van der Waals surface area contributed by atoms with E-state index in [1.807, 2.05) is 6.92 Å². The molecule has 0 spiro atoms. The Morgan fingerprint density at radius 2 is 1.92 bits per heavy atom. The maximum absolute atomic E-state index is 10.2. The Labute approximate surface area is 95.4 Å². The van der Waals surface area contributed by atoms with Crippen LogP contribution >= 0.6 is 0 Å². The van der Waals surface area contributed by atoms with Crippen LogP contribution in [0.25, 0.3) is 0 Å². The molecule has 0 heterocycles. The summed E-state index contributed by atoms with van der Waals surface area (Å²) in [5.74, 6) is -0.549. The van der Waals surface area contributed by atoms with Crippen LogP contribution in [0.5, 0.6) is 0 Å². The van der Waals surface area contributed by atoms with Gasteiger partial charge >= 0.3 is 29.6 Å². The summed E-state index contributed by atoms with van der Waals surface area (Å²) < 4.78 is 28.7. The molecule has 0 aromatic heterocycles. The number of aliphatic hydroxyl groups is 1. The molecule has 0 aliphatic carbocycles. The molecule has 0 radical (unpaired) electrons. The zero-order valence-electron chi connectivity index (χ0n) is 6.52. The molecule has 0 bridgehead atoms. The Hall–Kier alpha value is 0.870. The van der Waals surface area contributed by atoms with Crippen molar-refractivity contribution in [2.24, 2.45) is 0 Å². The van der Waals surface area contributed by atoms with Crippen LogP contribution < -0.4 is 0 Å². The zero-order chi connectivity index (χ0) is 8.91. The fraction of sp³-hybridized carbons (Fsp3) is 1.00. The van der Waals surface area contributed by atoms with Crippen molar-refractivity contribution in [1.29, 1.82) is 0 Å². The SMILES string of the molecule is CCCCC(O)CS(=O)(=O)O.[NaH]. The Balaban J connectivity index is 0. The van der Waals surface area contributed by atoms with Crippen molar-refractivity contribution in [2.45, 2.75) is 32.3 Å². The fourth-order valence-corrected chi connectivity index (χ4v) is 1.42. The quantitative estimate of drug-likeness (QED) is 0.481. The van der Waals surface area contributed by atoms with Gasteiger partial charge in [0.1, 0.15) is 5.75 Å². The summed E-state index contributed by atoms with van der Waals surface area (Å²) in [7, 11) is -4.00. The third kappa shape index (κ3) is 10.9. The van der Waals surface area contributed by atoms with E-state index in [1.54, 1.807) is 0 Å². The van der Waals surface area contributed by atoms with Crippen LogP contribution in [0.15, 0.2) is 0 Å². The van der Waals surface area contributed by atoms with Gasteiger partial charge in [-0.1, -0.05) is 19.8 Å². The van der Waals surface area contributed by atoms with Crippen LogP contribution in [0, 0.1) is 0 Å². The molecule has 0 aromatic carbocycles. The average molecular weight is 206 g/mol. The van der Waals surface area contributed by atoms with Gasteiger partial charge in [0.2, 0.25) is 0 Å². The first kappa shape index (κ1) is 15.3. The first-order valence-corrected chi connectivity index (χ1v) is 5.20. The normalized spacial score (nSPS) is 13.6. The van der Waals surface area contributed by atoms with Crippen LogP contribution in [0.4, 0.5) is 0 Å². The Bertz CT molecular complexity index is 190. The van der Waals surface area contributed by atoms with Crippen molar-refractivity contribution < 1.29 is 18.1 Å².